The molecule has 2 nitrogen and oxygen atoms in total. The van der Waals surface area contributed by atoms with Crippen LogP contribution in [0, 0.1) is 10.6 Å². The van der Waals surface area contributed by atoms with E-state index in [0.29, 0.717) is 11.8 Å². The highest BCUT2D eigenvalue weighted by atomic mass is 79.9. The average molecular weight is 327 g/mol. The number of rotatable bonds is 3. The van der Waals surface area contributed by atoms with Gasteiger partial charge >= 0.3 is 0 Å². The summed E-state index contributed by atoms with van der Waals surface area (Å²) in [7, 11) is 0. The zero-order valence-corrected chi connectivity index (χ0v) is 13.1. The topological polar surface area (TPSA) is 28.7 Å². The predicted molar refractivity (Wildman–Crippen MR) is 79.5 cm³/mol. The fourth-order valence-electron chi connectivity index (χ4n) is 3.04. The Bertz CT molecular complexity index is 507. The Balaban J connectivity index is 1.91. The summed E-state index contributed by atoms with van der Waals surface area (Å²) in [5, 5.41) is 0. The molecule has 0 bridgehead atoms. The third kappa shape index (κ3) is 2.42. The van der Waals surface area contributed by atoms with E-state index in [2.05, 4.69) is 32.8 Å². The predicted octanol–water partition coefficient (Wildman–Crippen LogP) is 5.07. The van der Waals surface area contributed by atoms with Crippen molar-refractivity contribution in [3.05, 3.63) is 20.6 Å². The lowest BCUT2D eigenvalue weighted by Gasteiger charge is -2.13. The van der Waals surface area contributed by atoms with Crippen LogP contribution in [0.25, 0.3) is 0 Å². The van der Waals surface area contributed by atoms with Crippen LogP contribution in [-0.2, 0) is 0 Å². The molecule has 0 aromatic carbocycles. The number of nitrogens with zero attached hydrogens (tertiary/aromatic N) is 1. The van der Waals surface area contributed by atoms with Gasteiger partial charge in [0.1, 0.15) is 10.5 Å². The van der Waals surface area contributed by atoms with Gasteiger partial charge in [0, 0.05) is 17.5 Å². The van der Waals surface area contributed by atoms with Crippen LogP contribution < -0.4 is 0 Å². The summed E-state index contributed by atoms with van der Waals surface area (Å²) < 4.78 is 1.76. The highest BCUT2D eigenvalue weighted by Gasteiger charge is 2.30. The number of aromatic nitrogens is 2. The Labute approximate surface area is 122 Å². The zero-order valence-electron chi connectivity index (χ0n) is 10.7. The SMILES string of the molecule is CCC1CCC(c2nc(=S)c(Br)c(C3CC3)[nH]2)C1. The Kier molecular flexibility index (Phi) is 3.59. The minimum Gasteiger partial charge on any atom is -0.346 e. The monoisotopic (exact) mass is 326 g/mol. The number of hydrogen-bond donors (Lipinski definition) is 1. The summed E-state index contributed by atoms with van der Waals surface area (Å²) in [6, 6.07) is 0. The van der Waals surface area contributed by atoms with Crippen molar-refractivity contribution in [3.8, 4) is 0 Å². The lowest BCUT2D eigenvalue weighted by Crippen LogP contribution is -2.05. The fourth-order valence-corrected chi connectivity index (χ4v) is 3.76. The number of halogens is 1. The maximum absolute atomic E-state index is 5.39. The van der Waals surface area contributed by atoms with Crippen LogP contribution in [0.5, 0.6) is 0 Å². The lowest BCUT2D eigenvalue weighted by atomic mass is 10.0. The first-order valence-electron chi connectivity index (χ1n) is 6.98. The van der Waals surface area contributed by atoms with Crippen molar-refractivity contribution in [2.75, 3.05) is 0 Å². The first kappa shape index (κ1) is 12.8. The van der Waals surface area contributed by atoms with Gasteiger partial charge in [-0.1, -0.05) is 25.6 Å². The van der Waals surface area contributed by atoms with Crippen molar-refractivity contribution in [1.82, 2.24) is 9.97 Å². The van der Waals surface area contributed by atoms with Gasteiger partial charge in [0.05, 0.1) is 4.47 Å². The molecule has 98 valence electrons. The van der Waals surface area contributed by atoms with E-state index in [0.717, 1.165) is 20.9 Å². The molecule has 1 aromatic heterocycles. The van der Waals surface area contributed by atoms with Crippen LogP contribution in [0.1, 0.15) is 68.8 Å². The summed E-state index contributed by atoms with van der Waals surface area (Å²) in [4.78, 5) is 8.18. The molecule has 2 aliphatic rings. The van der Waals surface area contributed by atoms with Crippen molar-refractivity contribution in [3.63, 3.8) is 0 Å². The Morgan fingerprint density at radius 2 is 2.00 bits per heavy atom. The van der Waals surface area contributed by atoms with Crippen LogP contribution in [0.4, 0.5) is 0 Å². The molecular formula is C14H19BrN2S. The molecular weight excluding hydrogens is 308 g/mol. The van der Waals surface area contributed by atoms with Gasteiger partial charge in [0.15, 0.2) is 0 Å². The van der Waals surface area contributed by atoms with E-state index in [4.69, 9.17) is 12.2 Å². The van der Waals surface area contributed by atoms with Gasteiger partial charge in [0.2, 0.25) is 0 Å². The molecule has 3 rings (SSSR count). The second-order valence-corrected chi connectivity index (χ2v) is 6.89. The molecule has 4 heteroatoms. The molecule has 0 amide bonds. The normalized spacial score (nSPS) is 27.7. The van der Waals surface area contributed by atoms with Crippen molar-refractivity contribution < 1.29 is 0 Å². The molecule has 0 spiro atoms. The van der Waals surface area contributed by atoms with Crippen molar-refractivity contribution in [1.29, 1.82) is 0 Å². The van der Waals surface area contributed by atoms with E-state index < -0.39 is 0 Å². The lowest BCUT2D eigenvalue weighted by molar-refractivity contribution is 0.516. The minimum absolute atomic E-state index is 0.599. The Morgan fingerprint density at radius 3 is 2.61 bits per heavy atom. The highest BCUT2D eigenvalue weighted by Crippen LogP contribution is 2.44. The second-order valence-electron chi connectivity index (χ2n) is 5.71. The Morgan fingerprint density at radius 1 is 1.28 bits per heavy atom. The maximum Gasteiger partial charge on any atom is 0.144 e. The first-order valence-corrected chi connectivity index (χ1v) is 8.18. The fraction of sp³-hybridized carbons (Fsp3) is 0.714. The molecule has 1 aromatic rings. The van der Waals surface area contributed by atoms with Gasteiger partial charge in [-0.15, -0.1) is 0 Å². The molecule has 1 N–H and O–H groups in total. The molecule has 2 unspecified atom stereocenters. The molecule has 1 heterocycles. The molecule has 0 aliphatic heterocycles. The van der Waals surface area contributed by atoms with Gasteiger partial charge in [-0.3, -0.25) is 0 Å². The van der Waals surface area contributed by atoms with Crippen LogP contribution in [0.3, 0.4) is 0 Å². The molecule has 2 fully saturated rings. The number of aromatic amines is 1. The van der Waals surface area contributed by atoms with E-state index in [1.165, 1.54) is 44.2 Å². The molecule has 2 saturated carbocycles. The van der Waals surface area contributed by atoms with Gasteiger partial charge < -0.3 is 4.98 Å². The van der Waals surface area contributed by atoms with Crippen LogP contribution in [0.15, 0.2) is 4.47 Å². The molecule has 2 aliphatic carbocycles. The summed E-state index contributed by atoms with van der Waals surface area (Å²) >= 11 is 8.98. The van der Waals surface area contributed by atoms with Crippen molar-refractivity contribution in [2.24, 2.45) is 5.92 Å². The maximum atomic E-state index is 5.39. The molecule has 0 saturated heterocycles. The minimum atomic E-state index is 0.599. The third-order valence-electron chi connectivity index (χ3n) is 4.40. The zero-order chi connectivity index (χ0) is 12.7. The number of hydrogen-bond acceptors (Lipinski definition) is 2. The van der Waals surface area contributed by atoms with Crippen LogP contribution in [-0.4, -0.2) is 9.97 Å². The van der Waals surface area contributed by atoms with Gasteiger partial charge in [-0.25, -0.2) is 4.98 Å². The smallest absolute Gasteiger partial charge is 0.144 e. The van der Waals surface area contributed by atoms with Gasteiger partial charge in [-0.05, 0) is 54.0 Å². The third-order valence-corrected chi connectivity index (χ3v) is 5.76. The van der Waals surface area contributed by atoms with E-state index >= 15 is 0 Å². The second kappa shape index (κ2) is 5.04. The van der Waals surface area contributed by atoms with Gasteiger partial charge in [-0.2, -0.15) is 0 Å². The molecule has 0 radical (unpaired) electrons. The van der Waals surface area contributed by atoms with Gasteiger partial charge in [0.25, 0.3) is 0 Å². The molecule has 18 heavy (non-hydrogen) atoms. The average Bonchev–Trinajstić information content (AvgIpc) is 3.09. The van der Waals surface area contributed by atoms with E-state index in [-0.39, 0.29) is 0 Å². The summed E-state index contributed by atoms with van der Waals surface area (Å²) in [6.45, 7) is 2.29. The van der Waals surface area contributed by atoms with E-state index in [9.17, 15) is 0 Å². The first-order chi connectivity index (χ1) is 8.69. The van der Waals surface area contributed by atoms with E-state index in [1.54, 1.807) is 0 Å². The largest absolute Gasteiger partial charge is 0.346 e. The van der Waals surface area contributed by atoms with Crippen LogP contribution >= 0.6 is 28.1 Å². The molecule has 2 atom stereocenters. The quantitative estimate of drug-likeness (QED) is 0.785. The number of nitrogens with one attached hydrogen (secondary N) is 1. The summed E-state index contributed by atoms with van der Waals surface area (Å²) in [5.74, 6) is 3.31. The summed E-state index contributed by atoms with van der Waals surface area (Å²) in [5.41, 5.74) is 1.30. The van der Waals surface area contributed by atoms with Crippen molar-refractivity contribution >= 4 is 28.1 Å². The highest BCUT2D eigenvalue weighted by molar-refractivity contribution is 9.10. The van der Waals surface area contributed by atoms with Crippen molar-refractivity contribution in [2.45, 2.75) is 57.3 Å². The number of H-pyrrole nitrogens is 1. The Hall–Kier alpha value is -0.220. The van der Waals surface area contributed by atoms with E-state index in [1.807, 2.05) is 0 Å². The van der Waals surface area contributed by atoms with Crippen LogP contribution in [0.2, 0.25) is 0 Å². The summed E-state index contributed by atoms with van der Waals surface area (Å²) in [6.07, 6.45) is 7.76. The standard InChI is InChI=1S/C14H19BrN2S/c1-2-8-3-4-10(7-8)13-16-12(9-5-6-9)11(15)14(18)17-13/h8-10H,2-7H2,1H3,(H,16,17,18).